The number of carbonyl (C=O) groups is 2. The van der Waals surface area contributed by atoms with Crippen molar-refractivity contribution in [3.63, 3.8) is 0 Å². The summed E-state index contributed by atoms with van der Waals surface area (Å²) in [6.07, 6.45) is 34.9. The Hall–Kier alpha value is -0.0361. The van der Waals surface area contributed by atoms with Crippen LogP contribution in [0.5, 0.6) is 0 Å². The summed E-state index contributed by atoms with van der Waals surface area (Å²) in [6.45, 7) is 12.1. The molecule has 0 aromatic carbocycles. The van der Waals surface area contributed by atoms with Crippen LogP contribution in [-0.2, 0) is 51.8 Å². The molecule has 0 rings (SSSR count). The molecule has 0 aliphatic carbocycles. The van der Waals surface area contributed by atoms with Gasteiger partial charge in [0.05, 0.1) is 0 Å². The van der Waals surface area contributed by atoms with Crippen molar-refractivity contribution >= 4 is 11.9 Å². The van der Waals surface area contributed by atoms with Crippen LogP contribution in [0.2, 0.25) is 0 Å². The smallest absolute Gasteiger partial charge is 0.306 e. The van der Waals surface area contributed by atoms with Crippen molar-refractivity contribution in [2.75, 3.05) is 0 Å². The minimum atomic E-state index is -1.02. The largest absolute Gasteiger partial charge is 0.665 e. The maximum atomic E-state index is 12.5. The number of carbonyl (C=O) groups excluding carboxylic acids is 2. The van der Waals surface area contributed by atoms with E-state index in [2.05, 4.69) is 20.8 Å². The molecule has 0 aromatic rings. The van der Waals surface area contributed by atoms with Crippen LogP contribution in [0.3, 0.4) is 0 Å². The first-order valence-electron chi connectivity index (χ1n) is 21.0. The predicted molar refractivity (Wildman–Crippen MR) is 206 cm³/mol. The van der Waals surface area contributed by atoms with Crippen molar-refractivity contribution in [2.24, 2.45) is 0 Å². The number of aliphatic hydroxyl groups excluding tert-OH is 1. The zero-order valence-corrected chi connectivity index (χ0v) is 36.5. The van der Waals surface area contributed by atoms with Gasteiger partial charge in [0.2, 0.25) is 0 Å². The number of ether oxygens (including phenoxy) is 2. The molecule has 0 aromatic heterocycles. The third-order valence-electron chi connectivity index (χ3n) is 9.17. The van der Waals surface area contributed by atoms with Gasteiger partial charge >= 0.3 is 5.97 Å². The monoisotopic (exact) mass is 772 g/mol. The average Bonchev–Trinajstić information content (AvgIpc) is 3.06. The van der Waals surface area contributed by atoms with E-state index in [4.69, 9.17) is 20.3 Å². The summed E-state index contributed by atoms with van der Waals surface area (Å²) in [7, 11) is 0. The van der Waals surface area contributed by atoms with E-state index in [1.54, 1.807) is 13.8 Å². The Morgan fingerprint density at radius 2 is 0.796 bits per heavy atom. The zero-order valence-electron chi connectivity index (χ0n) is 33.7. The van der Waals surface area contributed by atoms with E-state index in [9.17, 15) is 9.59 Å². The number of nitrogens with one attached hydrogen (secondary N) is 1. The van der Waals surface area contributed by atoms with Gasteiger partial charge in [-0.3, -0.25) is 9.59 Å². The molecule has 0 saturated heterocycles. The summed E-state index contributed by atoms with van der Waals surface area (Å²) < 4.78 is 11.3. The molecule has 3 atom stereocenters. The van der Waals surface area contributed by atoms with Crippen molar-refractivity contribution in [1.82, 2.24) is 0 Å². The van der Waals surface area contributed by atoms with Crippen molar-refractivity contribution in [2.45, 2.75) is 259 Å². The average molecular weight is 772 g/mol. The Bertz CT molecular complexity index is 675. The molecule has 1 radical (unpaired) electrons. The maximum absolute atomic E-state index is 12.5. The number of unbranched alkanes of at least 4 members (excludes halogenated alkanes) is 22. The summed E-state index contributed by atoms with van der Waals surface area (Å²) >= 11 is 0. The summed E-state index contributed by atoms with van der Waals surface area (Å²) in [4.78, 5) is 24.9. The van der Waals surface area contributed by atoms with Gasteiger partial charge in [-0.25, -0.2) is 0 Å². The molecule has 6 nitrogen and oxygen atoms in total. The van der Waals surface area contributed by atoms with Crippen LogP contribution in [0.15, 0.2) is 0 Å². The Morgan fingerprint density at radius 1 is 0.510 bits per heavy atom. The second-order valence-electron chi connectivity index (χ2n) is 14.5. The first-order valence-corrected chi connectivity index (χ1v) is 21.0. The number of hydrogen-bond acceptors (Lipinski definition) is 5. The molecule has 0 bridgehead atoms. The molecule has 2 N–H and O–H groups in total. The molecule has 2 unspecified atom stereocenters. The third kappa shape index (κ3) is 42.3. The summed E-state index contributed by atoms with van der Waals surface area (Å²) in [5.74, 6) is -0.781. The second-order valence-corrected chi connectivity index (χ2v) is 14.5. The fourth-order valence-corrected chi connectivity index (χ4v) is 5.99. The standard InChI is InChI=1S/C39H76NO4.C3H8O.Y/c1-5-9-11-13-15-17-19-21-23-25-27-29-31-35(7-3)43-38(41)34-33-37(40)39(42)44-36(8-4)32-30-28-26-24-22-20-18-16-14-12-10-6-2;1-3(2)4;/h35-37,40H,5-34H2,1-4H3;3-4H,1-2H3;/q-1;;/t35?,36?,37-;;/m0../s1. The van der Waals surface area contributed by atoms with Crippen molar-refractivity contribution in [3.8, 4) is 0 Å². The van der Waals surface area contributed by atoms with E-state index in [-0.39, 0.29) is 69.8 Å². The van der Waals surface area contributed by atoms with Gasteiger partial charge in [-0.15, -0.1) is 0 Å². The van der Waals surface area contributed by atoms with Crippen LogP contribution >= 0.6 is 0 Å². The number of esters is 2. The van der Waals surface area contributed by atoms with Crippen LogP contribution in [0, 0.1) is 0 Å². The van der Waals surface area contributed by atoms with E-state index in [0.29, 0.717) is 0 Å². The van der Waals surface area contributed by atoms with Gasteiger partial charge in [0.25, 0.3) is 5.97 Å². The number of aliphatic hydroxyl groups is 1. The van der Waals surface area contributed by atoms with Crippen molar-refractivity contribution < 1.29 is 56.9 Å². The molecule has 0 saturated carbocycles. The summed E-state index contributed by atoms with van der Waals surface area (Å²) in [5, 5.41) is 8.06. The quantitative estimate of drug-likeness (QED) is 0.0519. The van der Waals surface area contributed by atoms with Gasteiger partial charge in [-0.05, 0) is 64.8 Å². The SMILES string of the molecule is CC(C)O.CCCCCCCCCCCCCCC(CC)OC(=O)CC[C@H]([NH-])C(=O)OC(CC)CCCCCCCCCCCCCC.[Y]. The topological polar surface area (TPSA) is 96.6 Å². The summed E-state index contributed by atoms with van der Waals surface area (Å²) in [5.41, 5.74) is 8.21. The zero-order chi connectivity index (χ0) is 36.1. The van der Waals surface area contributed by atoms with Crippen LogP contribution in [0.1, 0.15) is 234 Å². The van der Waals surface area contributed by atoms with Crippen molar-refractivity contribution in [1.29, 1.82) is 0 Å². The molecule has 7 heteroatoms. The molecular weight excluding hydrogens is 687 g/mol. The first kappa shape index (κ1) is 53.3. The maximum Gasteiger partial charge on any atom is 0.306 e. The fourth-order valence-electron chi connectivity index (χ4n) is 5.99. The van der Waals surface area contributed by atoms with Gasteiger partial charge in [-0.1, -0.05) is 169 Å². The molecule has 0 spiro atoms. The van der Waals surface area contributed by atoms with Crippen LogP contribution in [0.4, 0.5) is 0 Å². The molecule has 0 aliphatic rings. The van der Waals surface area contributed by atoms with Gasteiger partial charge in [-0.2, -0.15) is 0 Å². The molecule has 0 aliphatic heterocycles. The number of hydrogen-bond donors (Lipinski definition) is 1. The second kappa shape index (κ2) is 42.4. The molecular formula is C42H84NO5Y-. The minimum absolute atomic E-state index is 0. The predicted octanol–water partition coefficient (Wildman–Crippen LogP) is 13.4. The Kier molecular flexibility index (Phi) is 46.1. The Morgan fingerprint density at radius 3 is 1.10 bits per heavy atom. The molecule has 49 heavy (non-hydrogen) atoms. The van der Waals surface area contributed by atoms with E-state index in [1.165, 1.54) is 141 Å². The van der Waals surface area contributed by atoms with E-state index in [1.807, 2.05) is 6.92 Å². The minimum Gasteiger partial charge on any atom is -0.665 e. The van der Waals surface area contributed by atoms with E-state index >= 15 is 0 Å². The van der Waals surface area contributed by atoms with Crippen LogP contribution in [0.25, 0.3) is 5.73 Å². The Balaban J connectivity index is -0.00000399. The molecule has 291 valence electrons. The third-order valence-corrected chi connectivity index (χ3v) is 9.17. The van der Waals surface area contributed by atoms with E-state index in [0.717, 1.165) is 38.5 Å². The molecule has 0 heterocycles. The van der Waals surface area contributed by atoms with Gasteiger partial charge < -0.3 is 20.3 Å². The molecule has 0 fully saturated rings. The van der Waals surface area contributed by atoms with Gasteiger partial charge in [0.15, 0.2) is 0 Å². The van der Waals surface area contributed by atoms with Gasteiger partial charge in [0.1, 0.15) is 12.2 Å². The van der Waals surface area contributed by atoms with Gasteiger partial charge in [0, 0.05) is 45.2 Å². The van der Waals surface area contributed by atoms with Crippen molar-refractivity contribution in [3.05, 3.63) is 5.73 Å². The molecule has 0 amide bonds. The summed E-state index contributed by atoms with van der Waals surface area (Å²) in [6, 6.07) is -1.02. The van der Waals surface area contributed by atoms with E-state index < -0.39 is 12.0 Å². The first-order chi connectivity index (χ1) is 23.2. The Labute approximate surface area is 331 Å². The van der Waals surface area contributed by atoms with Crippen LogP contribution < -0.4 is 0 Å². The normalized spacial score (nSPS) is 12.8. The number of rotatable bonds is 34. The fraction of sp³-hybridized carbons (Fsp3) is 0.952. The van der Waals surface area contributed by atoms with Crippen LogP contribution in [-0.4, -0.2) is 41.4 Å².